The Bertz CT molecular complexity index is 1120. The van der Waals surface area contributed by atoms with Crippen molar-refractivity contribution in [3.63, 3.8) is 0 Å². The molecule has 4 rings (SSSR count). The Kier molecular flexibility index (Phi) is 3.96. The maximum atomic E-state index is 12.8. The van der Waals surface area contributed by atoms with E-state index >= 15 is 0 Å². The first-order valence-electron chi connectivity index (χ1n) is 7.92. The van der Waals surface area contributed by atoms with Crippen molar-refractivity contribution in [2.75, 3.05) is 7.11 Å². The smallest absolute Gasteiger partial charge is 0.284 e. The summed E-state index contributed by atoms with van der Waals surface area (Å²) in [6, 6.07) is 9.37. The number of hydrogen-bond acceptors (Lipinski definition) is 6. The number of hydrogen-bond donors (Lipinski definition) is 1. The van der Waals surface area contributed by atoms with Gasteiger partial charge < -0.3 is 9.26 Å². The van der Waals surface area contributed by atoms with Crippen LogP contribution in [0.1, 0.15) is 11.4 Å². The molecule has 26 heavy (non-hydrogen) atoms. The first-order valence-corrected chi connectivity index (χ1v) is 8.80. The summed E-state index contributed by atoms with van der Waals surface area (Å²) in [5.41, 5.74) is 3.43. The predicted octanol–water partition coefficient (Wildman–Crippen LogP) is 3.57. The van der Waals surface area contributed by atoms with Gasteiger partial charge in [0.2, 0.25) is 5.13 Å². The van der Waals surface area contributed by atoms with Gasteiger partial charge in [-0.25, -0.2) is 4.98 Å². The van der Waals surface area contributed by atoms with Gasteiger partial charge in [-0.15, -0.1) is 11.3 Å². The van der Waals surface area contributed by atoms with Crippen LogP contribution in [0.25, 0.3) is 27.7 Å². The van der Waals surface area contributed by atoms with E-state index in [4.69, 9.17) is 9.26 Å². The lowest BCUT2D eigenvalue weighted by atomic mass is 10.2. The molecule has 0 saturated carbocycles. The molecule has 0 aliphatic rings. The zero-order valence-electron chi connectivity index (χ0n) is 14.4. The highest BCUT2D eigenvalue weighted by atomic mass is 32.1. The van der Waals surface area contributed by atoms with Crippen LogP contribution in [0.15, 0.2) is 45.0 Å². The summed E-state index contributed by atoms with van der Waals surface area (Å²) in [6.45, 7) is 3.64. The van der Waals surface area contributed by atoms with Crippen molar-refractivity contribution in [3.05, 3.63) is 57.5 Å². The van der Waals surface area contributed by atoms with Crippen molar-refractivity contribution < 1.29 is 9.26 Å². The fourth-order valence-corrected chi connectivity index (χ4v) is 3.51. The molecule has 4 aromatic rings. The Labute approximate surface area is 152 Å². The van der Waals surface area contributed by atoms with Gasteiger partial charge in [0.15, 0.2) is 5.76 Å². The molecule has 0 unspecified atom stereocenters. The van der Waals surface area contributed by atoms with Crippen LogP contribution in [-0.4, -0.2) is 27.0 Å². The average molecular weight is 368 g/mol. The van der Waals surface area contributed by atoms with E-state index in [2.05, 4.69) is 15.2 Å². The Balaban J connectivity index is 1.73. The van der Waals surface area contributed by atoms with Crippen LogP contribution < -0.4 is 10.3 Å². The van der Waals surface area contributed by atoms with Crippen LogP contribution >= 0.6 is 11.3 Å². The summed E-state index contributed by atoms with van der Waals surface area (Å²) in [5, 5.41) is 9.40. The third kappa shape index (κ3) is 2.74. The van der Waals surface area contributed by atoms with E-state index in [0.29, 0.717) is 22.1 Å². The third-order valence-electron chi connectivity index (χ3n) is 4.01. The molecule has 132 valence electrons. The number of nitrogens with zero attached hydrogens (tertiary/aromatic N) is 3. The van der Waals surface area contributed by atoms with Gasteiger partial charge in [-0.3, -0.25) is 9.89 Å². The number of H-pyrrole nitrogens is 1. The number of rotatable bonds is 4. The van der Waals surface area contributed by atoms with E-state index in [0.717, 1.165) is 22.7 Å². The number of benzene rings is 1. The maximum absolute atomic E-state index is 12.8. The zero-order valence-corrected chi connectivity index (χ0v) is 15.3. The van der Waals surface area contributed by atoms with Crippen molar-refractivity contribution in [3.8, 4) is 33.5 Å². The fraction of sp³-hybridized carbons (Fsp3) is 0.167. The van der Waals surface area contributed by atoms with E-state index < -0.39 is 0 Å². The molecule has 3 heterocycles. The van der Waals surface area contributed by atoms with Gasteiger partial charge in [0.25, 0.3) is 5.56 Å². The maximum Gasteiger partial charge on any atom is 0.284 e. The lowest BCUT2D eigenvalue weighted by Gasteiger charge is -2.00. The molecule has 0 bridgehead atoms. The number of aromatic amines is 1. The molecule has 0 saturated heterocycles. The van der Waals surface area contributed by atoms with E-state index in [1.807, 2.05) is 43.5 Å². The number of ether oxygens (including phenoxy) is 1. The van der Waals surface area contributed by atoms with Crippen molar-refractivity contribution in [2.24, 2.45) is 0 Å². The molecule has 0 aliphatic carbocycles. The summed E-state index contributed by atoms with van der Waals surface area (Å²) in [7, 11) is 1.63. The largest absolute Gasteiger partial charge is 0.497 e. The van der Waals surface area contributed by atoms with Crippen molar-refractivity contribution in [2.45, 2.75) is 13.8 Å². The standard InChI is InChI=1S/C18H16N4O3S/c1-10-8-15(25-21-10)16-11(2)20-22(17(16)23)18-19-14(9-26-18)12-4-6-13(24-3)7-5-12/h4-9,20H,1-3H3. The van der Waals surface area contributed by atoms with Crippen LogP contribution in [-0.2, 0) is 0 Å². The first-order chi connectivity index (χ1) is 12.6. The third-order valence-corrected chi connectivity index (χ3v) is 4.84. The Hall–Kier alpha value is -3.13. The lowest BCUT2D eigenvalue weighted by molar-refractivity contribution is 0.415. The highest BCUT2D eigenvalue weighted by Crippen LogP contribution is 2.26. The molecule has 8 heteroatoms. The molecular formula is C18H16N4O3S. The summed E-state index contributed by atoms with van der Waals surface area (Å²) in [4.78, 5) is 17.4. The van der Waals surface area contributed by atoms with Gasteiger partial charge in [0, 0.05) is 22.7 Å². The zero-order chi connectivity index (χ0) is 18.3. The minimum Gasteiger partial charge on any atom is -0.497 e. The second-order valence-electron chi connectivity index (χ2n) is 5.83. The summed E-state index contributed by atoms with van der Waals surface area (Å²) in [5.74, 6) is 1.24. The number of thiazole rings is 1. The molecule has 7 nitrogen and oxygen atoms in total. The predicted molar refractivity (Wildman–Crippen MR) is 99.0 cm³/mol. The van der Waals surface area contributed by atoms with E-state index in [1.54, 1.807) is 13.2 Å². The van der Waals surface area contributed by atoms with Crippen LogP contribution in [0, 0.1) is 13.8 Å². The topological polar surface area (TPSA) is 85.9 Å². The van der Waals surface area contributed by atoms with Gasteiger partial charge in [0.1, 0.15) is 11.3 Å². The summed E-state index contributed by atoms with van der Waals surface area (Å²) in [6.07, 6.45) is 0. The first kappa shape index (κ1) is 16.3. The Morgan fingerprint density at radius 2 is 2.00 bits per heavy atom. The van der Waals surface area contributed by atoms with Crippen molar-refractivity contribution in [1.82, 2.24) is 19.9 Å². The second-order valence-corrected chi connectivity index (χ2v) is 6.67. The van der Waals surface area contributed by atoms with Gasteiger partial charge in [-0.1, -0.05) is 5.16 Å². The minimum atomic E-state index is -0.214. The quantitative estimate of drug-likeness (QED) is 0.595. The molecule has 3 aromatic heterocycles. The Morgan fingerprint density at radius 3 is 2.65 bits per heavy atom. The van der Waals surface area contributed by atoms with E-state index in [9.17, 15) is 4.79 Å². The van der Waals surface area contributed by atoms with Crippen LogP contribution in [0.3, 0.4) is 0 Å². The van der Waals surface area contributed by atoms with Crippen LogP contribution in [0.4, 0.5) is 0 Å². The minimum absolute atomic E-state index is 0.214. The second kappa shape index (κ2) is 6.30. The molecule has 1 N–H and O–H groups in total. The number of aryl methyl sites for hydroxylation is 2. The van der Waals surface area contributed by atoms with Gasteiger partial charge in [0.05, 0.1) is 18.5 Å². The van der Waals surface area contributed by atoms with E-state index in [1.165, 1.54) is 16.0 Å². The van der Waals surface area contributed by atoms with Crippen LogP contribution in [0.2, 0.25) is 0 Å². The van der Waals surface area contributed by atoms with Crippen molar-refractivity contribution >= 4 is 11.3 Å². The molecule has 0 amide bonds. The van der Waals surface area contributed by atoms with Crippen molar-refractivity contribution in [1.29, 1.82) is 0 Å². The normalized spacial score (nSPS) is 11.0. The molecule has 0 aliphatic heterocycles. The summed E-state index contributed by atoms with van der Waals surface area (Å²) < 4.78 is 11.8. The number of aromatic nitrogens is 4. The van der Waals surface area contributed by atoms with E-state index in [-0.39, 0.29) is 5.56 Å². The molecule has 0 fully saturated rings. The highest BCUT2D eigenvalue weighted by Gasteiger charge is 2.19. The monoisotopic (exact) mass is 368 g/mol. The Morgan fingerprint density at radius 1 is 1.23 bits per heavy atom. The SMILES string of the molecule is COc1ccc(-c2csc(-n3[nH]c(C)c(-c4cc(C)no4)c3=O)n2)cc1. The highest BCUT2D eigenvalue weighted by molar-refractivity contribution is 7.12. The molecule has 0 spiro atoms. The summed E-state index contributed by atoms with van der Waals surface area (Å²) >= 11 is 1.39. The molecule has 1 aromatic carbocycles. The van der Waals surface area contributed by atoms with Gasteiger partial charge in [-0.2, -0.15) is 4.68 Å². The van der Waals surface area contributed by atoms with Gasteiger partial charge >= 0.3 is 0 Å². The van der Waals surface area contributed by atoms with Crippen LogP contribution in [0.5, 0.6) is 5.75 Å². The molecule has 0 atom stereocenters. The lowest BCUT2D eigenvalue weighted by Crippen LogP contribution is -2.15. The fourth-order valence-electron chi connectivity index (χ4n) is 2.71. The van der Waals surface area contributed by atoms with Gasteiger partial charge in [-0.05, 0) is 38.1 Å². The number of methoxy groups -OCH3 is 1. The average Bonchev–Trinajstić information content (AvgIpc) is 3.35. The number of nitrogens with one attached hydrogen (secondary N) is 1. The molecular weight excluding hydrogens is 352 g/mol. The molecule has 0 radical (unpaired) electrons.